The molecule has 1 aromatic heterocycles. The number of methoxy groups -OCH3 is 3. The van der Waals surface area contributed by atoms with Gasteiger partial charge < -0.3 is 23.8 Å². The van der Waals surface area contributed by atoms with E-state index in [2.05, 4.69) is 0 Å². The van der Waals surface area contributed by atoms with Gasteiger partial charge in [0.2, 0.25) is 0 Å². The Morgan fingerprint density at radius 1 is 1.00 bits per heavy atom. The lowest BCUT2D eigenvalue weighted by atomic mass is 9.93. The Bertz CT molecular complexity index is 2070. The van der Waals surface area contributed by atoms with E-state index in [1.807, 2.05) is 44.2 Å². The third-order valence-corrected chi connectivity index (χ3v) is 9.05. The van der Waals surface area contributed by atoms with Gasteiger partial charge in [0.15, 0.2) is 16.3 Å². The second kappa shape index (κ2) is 14.6. The molecule has 13 heteroatoms. The van der Waals surface area contributed by atoms with Gasteiger partial charge in [-0.1, -0.05) is 41.7 Å². The summed E-state index contributed by atoms with van der Waals surface area (Å²) >= 11 is 1.06. The van der Waals surface area contributed by atoms with Crippen LogP contribution in [0.3, 0.4) is 0 Å². The number of benzene rings is 3. The smallest absolute Gasteiger partial charge is 0.280 e. The highest BCUT2D eigenvalue weighted by atomic mass is 32.1. The molecule has 5 rings (SSSR count). The number of nitrogens with zero attached hydrogens (tertiary/aromatic N) is 4. The summed E-state index contributed by atoms with van der Waals surface area (Å²) in [4.78, 5) is 46.8. The van der Waals surface area contributed by atoms with Gasteiger partial charge in [0.1, 0.15) is 24.1 Å². The predicted octanol–water partition coefficient (Wildman–Crippen LogP) is 4.62. The molecule has 12 nitrogen and oxygen atoms in total. The zero-order valence-electron chi connectivity index (χ0n) is 27.5. The van der Waals surface area contributed by atoms with Crippen molar-refractivity contribution in [1.82, 2.24) is 9.47 Å². The Kier molecular flexibility index (Phi) is 10.3. The molecule has 0 fully saturated rings. The number of ether oxygens (including phenoxy) is 4. The minimum absolute atomic E-state index is 0.139. The Hall–Kier alpha value is -5.43. The fourth-order valence-corrected chi connectivity index (χ4v) is 6.65. The highest BCUT2D eigenvalue weighted by Crippen LogP contribution is 2.39. The molecule has 0 N–H and O–H groups in total. The van der Waals surface area contributed by atoms with Crippen molar-refractivity contribution in [2.75, 3.05) is 34.4 Å². The van der Waals surface area contributed by atoms with Crippen LogP contribution >= 0.6 is 11.3 Å². The van der Waals surface area contributed by atoms with Crippen LogP contribution in [0.2, 0.25) is 0 Å². The lowest BCUT2D eigenvalue weighted by molar-refractivity contribution is -0.385. The molecule has 48 heavy (non-hydrogen) atoms. The first-order valence-corrected chi connectivity index (χ1v) is 16.0. The van der Waals surface area contributed by atoms with Gasteiger partial charge in [-0.3, -0.25) is 24.3 Å². The summed E-state index contributed by atoms with van der Waals surface area (Å²) in [5.74, 6) is 1.14. The van der Waals surface area contributed by atoms with Crippen molar-refractivity contribution < 1.29 is 28.7 Å². The number of hydrogen-bond donors (Lipinski definition) is 0. The molecule has 1 aliphatic rings. The first-order chi connectivity index (χ1) is 23.1. The van der Waals surface area contributed by atoms with Crippen LogP contribution in [-0.4, -0.2) is 54.7 Å². The number of rotatable bonds is 12. The first kappa shape index (κ1) is 33.9. The van der Waals surface area contributed by atoms with Crippen molar-refractivity contribution in [2.45, 2.75) is 33.4 Å². The van der Waals surface area contributed by atoms with Gasteiger partial charge in [-0.05, 0) is 56.7 Å². The second-order valence-electron chi connectivity index (χ2n) is 10.8. The number of nitro groups is 1. The topological polar surface area (TPSA) is 135 Å². The summed E-state index contributed by atoms with van der Waals surface area (Å²) in [6.45, 7) is 6.58. The number of fused-ring (bicyclic) bond motifs is 1. The highest BCUT2D eigenvalue weighted by Gasteiger charge is 2.36. The van der Waals surface area contributed by atoms with Crippen molar-refractivity contribution in [3.63, 3.8) is 0 Å². The minimum atomic E-state index is -0.917. The van der Waals surface area contributed by atoms with Crippen LogP contribution in [0.25, 0.3) is 6.08 Å². The molecular formula is C35H36N4O8S. The molecule has 250 valence electrons. The third-order valence-electron chi connectivity index (χ3n) is 8.07. The molecule has 1 amide bonds. The van der Waals surface area contributed by atoms with E-state index >= 15 is 0 Å². The number of allylic oxidation sites excluding steroid dienone is 1. The fourth-order valence-electron chi connectivity index (χ4n) is 5.61. The molecule has 3 aromatic carbocycles. The van der Waals surface area contributed by atoms with Crippen LogP contribution in [0.4, 0.5) is 5.69 Å². The van der Waals surface area contributed by atoms with Crippen LogP contribution < -0.4 is 33.8 Å². The quantitative estimate of drug-likeness (QED) is 0.157. The van der Waals surface area contributed by atoms with E-state index in [1.54, 1.807) is 30.0 Å². The van der Waals surface area contributed by atoms with E-state index < -0.39 is 16.5 Å². The van der Waals surface area contributed by atoms with Gasteiger partial charge in [-0.15, -0.1) is 0 Å². The molecular weight excluding hydrogens is 636 g/mol. The van der Waals surface area contributed by atoms with Crippen molar-refractivity contribution in [1.29, 1.82) is 0 Å². The van der Waals surface area contributed by atoms with E-state index in [0.717, 1.165) is 16.9 Å². The summed E-state index contributed by atoms with van der Waals surface area (Å²) < 4.78 is 24.3. The molecule has 0 bridgehead atoms. The number of likely N-dealkylation sites (N-methyl/N-ethyl adjacent to an activating group) is 1. The van der Waals surface area contributed by atoms with Crippen molar-refractivity contribution in [3.05, 3.63) is 118 Å². The summed E-state index contributed by atoms with van der Waals surface area (Å²) in [6.07, 6.45) is 1.44. The standard InChI is InChI=1S/C35H36N4O8S/c1-7-37(8-2)34(41)31-21(3)36-35-38(32(31)25-18-24(44-4)14-15-27(25)45-5)33(40)30(48-35)17-23-16-28(46-6)29(19-26(23)39(42)43)47-20-22-12-10-9-11-13-22/h9-19,32H,7-8,20H2,1-6H3/b30-17+/t32-/m0/s1. The highest BCUT2D eigenvalue weighted by molar-refractivity contribution is 7.07. The lowest BCUT2D eigenvalue weighted by Crippen LogP contribution is -2.43. The molecule has 1 aliphatic heterocycles. The summed E-state index contributed by atoms with van der Waals surface area (Å²) in [5.41, 5.74) is 1.55. The van der Waals surface area contributed by atoms with Gasteiger partial charge in [0.25, 0.3) is 17.2 Å². The average molecular weight is 673 g/mol. The molecule has 0 spiro atoms. The average Bonchev–Trinajstić information content (AvgIpc) is 3.40. The molecule has 0 aliphatic carbocycles. The number of amides is 1. The Morgan fingerprint density at radius 3 is 2.33 bits per heavy atom. The minimum Gasteiger partial charge on any atom is -0.497 e. The molecule has 0 unspecified atom stereocenters. The molecule has 0 saturated heterocycles. The number of hydrogen-bond acceptors (Lipinski definition) is 10. The zero-order valence-corrected chi connectivity index (χ0v) is 28.3. The van der Waals surface area contributed by atoms with Crippen LogP contribution in [0.1, 0.15) is 43.5 Å². The van der Waals surface area contributed by atoms with Crippen molar-refractivity contribution >= 4 is 29.0 Å². The molecule has 2 heterocycles. The van der Waals surface area contributed by atoms with Crippen molar-refractivity contribution in [3.8, 4) is 23.0 Å². The number of carbonyl (C=O) groups is 1. The molecule has 0 saturated carbocycles. The monoisotopic (exact) mass is 672 g/mol. The van der Waals surface area contributed by atoms with E-state index in [9.17, 15) is 19.7 Å². The van der Waals surface area contributed by atoms with Crippen LogP contribution in [0.15, 0.2) is 81.7 Å². The maximum absolute atomic E-state index is 14.3. The normalized spacial score (nSPS) is 14.2. The SMILES string of the molecule is CCN(CC)C(=O)C1=C(C)N=c2s/c(=C/c3cc(OC)c(OCc4ccccc4)cc3[N+](=O)[O-])c(=O)n2[C@H]1c1cc(OC)ccc1OC. The maximum Gasteiger partial charge on any atom is 0.280 e. The fraction of sp³-hybridized carbons (Fsp3) is 0.286. The first-order valence-electron chi connectivity index (χ1n) is 15.2. The molecule has 1 atom stereocenters. The zero-order chi connectivity index (χ0) is 34.5. The number of carbonyl (C=O) groups excluding carboxylic acids is 1. The van der Waals surface area contributed by atoms with E-state index in [1.165, 1.54) is 44.1 Å². The number of nitro benzene ring substituents is 1. The number of aromatic nitrogens is 1. The summed E-state index contributed by atoms with van der Waals surface area (Å²) in [6, 6.07) is 16.4. The Morgan fingerprint density at radius 2 is 1.71 bits per heavy atom. The lowest BCUT2D eigenvalue weighted by Gasteiger charge is -2.30. The van der Waals surface area contributed by atoms with Gasteiger partial charge in [-0.25, -0.2) is 4.99 Å². The number of thiazole rings is 1. The van der Waals surface area contributed by atoms with Crippen LogP contribution in [0, 0.1) is 10.1 Å². The summed E-state index contributed by atoms with van der Waals surface area (Å²) in [7, 11) is 4.48. The predicted molar refractivity (Wildman–Crippen MR) is 182 cm³/mol. The van der Waals surface area contributed by atoms with Crippen molar-refractivity contribution in [2.24, 2.45) is 4.99 Å². The van der Waals surface area contributed by atoms with Crippen LogP contribution in [0.5, 0.6) is 23.0 Å². The van der Waals surface area contributed by atoms with Gasteiger partial charge in [0.05, 0.1) is 53.7 Å². The Balaban J connectivity index is 1.70. The van der Waals surface area contributed by atoms with E-state index in [0.29, 0.717) is 46.2 Å². The molecule has 0 radical (unpaired) electrons. The second-order valence-corrected chi connectivity index (χ2v) is 11.8. The largest absolute Gasteiger partial charge is 0.497 e. The molecule has 4 aromatic rings. The summed E-state index contributed by atoms with van der Waals surface area (Å²) in [5, 5.41) is 12.3. The van der Waals surface area contributed by atoms with Gasteiger partial charge >= 0.3 is 0 Å². The van der Waals surface area contributed by atoms with Crippen LogP contribution in [-0.2, 0) is 11.4 Å². The van der Waals surface area contributed by atoms with E-state index in [4.69, 9.17) is 23.9 Å². The Labute approximate surface area is 280 Å². The maximum atomic E-state index is 14.3. The van der Waals surface area contributed by atoms with Gasteiger partial charge in [0, 0.05) is 18.7 Å². The van der Waals surface area contributed by atoms with Gasteiger partial charge in [-0.2, -0.15) is 0 Å². The van der Waals surface area contributed by atoms with E-state index in [-0.39, 0.29) is 39.8 Å². The third kappa shape index (κ3) is 6.54.